The number of thioether (sulfide) groups is 1. The maximum atomic E-state index is 5.92. The van der Waals surface area contributed by atoms with E-state index >= 15 is 0 Å². The van der Waals surface area contributed by atoms with Gasteiger partial charge in [0.15, 0.2) is 0 Å². The van der Waals surface area contributed by atoms with Gasteiger partial charge in [0.1, 0.15) is 11.7 Å². The molecule has 0 aliphatic carbocycles. The van der Waals surface area contributed by atoms with Crippen LogP contribution in [0.1, 0.15) is 6.92 Å². The Balaban J connectivity index is 2.17. The summed E-state index contributed by atoms with van der Waals surface area (Å²) >= 11 is 1.94. The van der Waals surface area contributed by atoms with E-state index in [0.29, 0.717) is 18.0 Å². The van der Waals surface area contributed by atoms with Gasteiger partial charge in [-0.25, -0.2) is 0 Å². The molecule has 0 spiro atoms. The zero-order chi connectivity index (χ0) is 9.47. The third-order valence-corrected chi connectivity index (χ3v) is 4.53. The minimum absolute atomic E-state index is 0.182. The molecule has 4 heteroatoms. The molecule has 0 aromatic heterocycles. The molecule has 2 unspecified atom stereocenters. The van der Waals surface area contributed by atoms with Crippen LogP contribution < -0.4 is 0 Å². The van der Waals surface area contributed by atoms with Crippen LogP contribution in [0.4, 0.5) is 0 Å². The summed E-state index contributed by atoms with van der Waals surface area (Å²) in [5.74, 6) is 0.994. The summed E-state index contributed by atoms with van der Waals surface area (Å²) in [5.41, 5.74) is -0.182. The Kier molecular flexibility index (Phi) is 2.57. The van der Waals surface area contributed by atoms with E-state index in [1.807, 2.05) is 11.8 Å². The van der Waals surface area contributed by atoms with Crippen molar-refractivity contribution in [2.75, 3.05) is 26.6 Å². The van der Waals surface area contributed by atoms with Gasteiger partial charge in [0, 0.05) is 20.0 Å². The van der Waals surface area contributed by atoms with Crippen molar-refractivity contribution in [1.82, 2.24) is 0 Å². The minimum Gasteiger partial charge on any atom is -0.382 e. The maximum Gasteiger partial charge on any atom is 0.128 e. The molecule has 2 aliphatic heterocycles. The second-order valence-electron chi connectivity index (χ2n) is 3.75. The summed E-state index contributed by atoms with van der Waals surface area (Å²) in [7, 11) is 3.47. The van der Waals surface area contributed by atoms with Crippen LogP contribution in [0.3, 0.4) is 0 Å². The Morgan fingerprint density at radius 2 is 2.31 bits per heavy atom. The molecule has 0 aromatic carbocycles. The predicted octanol–water partition coefficient (Wildman–Crippen LogP) is 0.921. The second kappa shape index (κ2) is 3.42. The lowest BCUT2D eigenvalue weighted by atomic mass is 10.00. The molecule has 0 saturated carbocycles. The van der Waals surface area contributed by atoms with Crippen molar-refractivity contribution in [3.8, 4) is 0 Å². The first-order chi connectivity index (χ1) is 6.23. The zero-order valence-electron chi connectivity index (χ0n) is 8.28. The molecule has 3 nitrogen and oxygen atoms in total. The normalized spacial score (nSPS) is 48.7. The van der Waals surface area contributed by atoms with Gasteiger partial charge < -0.3 is 14.2 Å². The van der Waals surface area contributed by atoms with Gasteiger partial charge in [-0.2, -0.15) is 0 Å². The van der Waals surface area contributed by atoms with Gasteiger partial charge in [-0.15, -0.1) is 11.8 Å². The molecule has 4 atom stereocenters. The largest absolute Gasteiger partial charge is 0.382 e. The van der Waals surface area contributed by atoms with E-state index < -0.39 is 0 Å². The number of fused-ring (bicyclic) bond motifs is 2. The van der Waals surface area contributed by atoms with Gasteiger partial charge in [0.05, 0.1) is 18.0 Å². The lowest BCUT2D eigenvalue weighted by molar-refractivity contribution is -0.107. The van der Waals surface area contributed by atoms with Crippen LogP contribution in [-0.2, 0) is 14.2 Å². The van der Waals surface area contributed by atoms with E-state index in [1.54, 1.807) is 14.2 Å². The molecule has 2 aliphatic rings. The van der Waals surface area contributed by atoms with Crippen LogP contribution in [-0.4, -0.2) is 49.6 Å². The minimum atomic E-state index is -0.182. The van der Waals surface area contributed by atoms with Crippen LogP contribution in [0, 0.1) is 0 Å². The van der Waals surface area contributed by atoms with Crippen molar-refractivity contribution in [2.45, 2.75) is 30.0 Å². The molecule has 0 aromatic rings. The Morgan fingerprint density at radius 3 is 2.85 bits per heavy atom. The van der Waals surface area contributed by atoms with Crippen molar-refractivity contribution in [2.24, 2.45) is 0 Å². The third kappa shape index (κ3) is 1.31. The van der Waals surface area contributed by atoms with Crippen molar-refractivity contribution in [3.63, 3.8) is 0 Å². The molecule has 2 heterocycles. The van der Waals surface area contributed by atoms with Gasteiger partial charge in [-0.3, -0.25) is 0 Å². The first-order valence-electron chi connectivity index (χ1n) is 4.54. The molecule has 13 heavy (non-hydrogen) atoms. The first kappa shape index (κ1) is 9.77. The average molecular weight is 204 g/mol. The first-order valence-corrected chi connectivity index (χ1v) is 5.59. The Labute approximate surface area is 83.1 Å². The van der Waals surface area contributed by atoms with E-state index in [2.05, 4.69) is 6.92 Å². The summed E-state index contributed by atoms with van der Waals surface area (Å²) in [5, 5.41) is 0.486. The number of ether oxygens (including phenoxy) is 3. The van der Waals surface area contributed by atoms with Crippen molar-refractivity contribution in [3.05, 3.63) is 0 Å². The summed E-state index contributed by atoms with van der Waals surface area (Å²) in [6, 6.07) is 0. The smallest absolute Gasteiger partial charge is 0.128 e. The highest BCUT2D eigenvalue weighted by atomic mass is 32.2. The molecule has 0 amide bonds. The summed E-state index contributed by atoms with van der Waals surface area (Å²) in [4.78, 5) is 0. The predicted molar refractivity (Wildman–Crippen MR) is 52.2 cm³/mol. The fourth-order valence-corrected chi connectivity index (χ4v) is 4.03. The number of methoxy groups -OCH3 is 2. The van der Waals surface area contributed by atoms with Gasteiger partial charge in [-0.05, 0) is 6.92 Å². The number of hydrogen-bond donors (Lipinski definition) is 0. The number of hydrogen-bond acceptors (Lipinski definition) is 4. The van der Waals surface area contributed by atoms with Gasteiger partial charge >= 0.3 is 0 Å². The maximum absolute atomic E-state index is 5.92. The standard InChI is InChI=1S/C9H16O3S/c1-6-7-8(11-3)9(12-6,4-10-2)5-13-7/h6-8H,4-5H2,1-3H3/t6-,7?,8?,9-/m0/s1. The van der Waals surface area contributed by atoms with Crippen LogP contribution in [0.25, 0.3) is 0 Å². The third-order valence-electron chi connectivity index (χ3n) is 2.86. The highest BCUT2D eigenvalue weighted by Gasteiger charge is 2.59. The molecule has 0 radical (unpaired) electrons. The van der Waals surface area contributed by atoms with E-state index in [0.717, 1.165) is 5.75 Å². The van der Waals surface area contributed by atoms with Crippen LogP contribution in [0.15, 0.2) is 0 Å². The van der Waals surface area contributed by atoms with Crippen molar-refractivity contribution < 1.29 is 14.2 Å². The van der Waals surface area contributed by atoms with Crippen LogP contribution >= 0.6 is 11.8 Å². The topological polar surface area (TPSA) is 27.7 Å². The molecule has 2 bridgehead atoms. The lowest BCUT2D eigenvalue weighted by Gasteiger charge is -2.29. The van der Waals surface area contributed by atoms with Crippen molar-refractivity contribution in [1.29, 1.82) is 0 Å². The Bertz CT molecular complexity index is 199. The highest BCUT2D eigenvalue weighted by molar-refractivity contribution is 8.00. The van der Waals surface area contributed by atoms with E-state index in [1.165, 1.54) is 0 Å². The second-order valence-corrected chi connectivity index (χ2v) is 4.92. The quantitative estimate of drug-likeness (QED) is 0.683. The van der Waals surface area contributed by atoms with Crippen LogP contribution in [0.5, 0.6) is 0 Å². The monoisotopic (exact) mass is 204 g/mol. The number of rotatable bonds is 3. The van der Waals surface area contributed by atoms with Gasteiger partial charge in [0.2, 0.25) is 0 Å². The molecule has 2 rings (SSSR count). The zero-order valence-corrected chi connectivity index (χ0v) is 9.10. The molecular weight excluding hydrogens is 188 g/mol. The van der Waals surface area contributed by atoms with E-state index in [9.17, 15) is 0 Å². The highest BCUT2D eigenvalue weighted by Crippen LogP contribution is 2.48. The van der Waals surface area contributed by atoms with Crippen LogP contribution in [0.2, 0.25) is 0 Å². The summed E-state index contributed by atoms with van der Waals surface area (Å²) in [6.07, 6.45) is 0.492. The van der Waals surface area contributed by atoms with Gasteiger partial charge in [-0.1, -0.05) is 0 Å². The fourth-order valence-electron chi connectivity index (χ4n) is 2.38. The van der Waals surface area contributed by atoms with Gasteiger partial charge in [0.25, 0.3) is 0 Å². The molecule has 2 fully saturated rings. The molecule has 76 valence electrons. The summed E-state index contributed by atoms with van der Waals surface area (Å²) in [6.45, 7) is 2.75. The molecule has 0 N–H and O–H groups in total. The Morgan fingerprint density at radius 1 is 1.54 bits per heavy atom. The Hall–Kier alpha value is 0.230. The SMILES string of the molecule is COC[C@]12CSC(C1OC)[C@H](C)O2. The lowest BCUT2D eigenvalue weighted by Crippen LogP contribution is -2.45. The fraction of sp³-hybridized carbons (Fsp3) is 1.00. The van der Waals surface area contributed by atoms with E-state index in [-0.39, 0.29) is 11.7 Å². The van der Waals surface area contributed by atoms with Crippen molar-refractivity contribution >= 4 is 11.8 Å². The van der Waals surface area contributed by atoms with E-state index in [4.69, 9.17) is 14.2 Å². The average Bonchev–Trinajstić information content (AvgIpc) is 2.55. The molecular formula is C9H16O3S. The molecule has 2 saturated heterocycles. The summed E-state index contributed by atoms with van der Waals surface area (Å²) < 4.78 is 16.6.